The van der Waals surface area contributed by atoms with Crippen LogP contribution in [-0.4, -0.2) is 34.8 Å². The molecule has 37 heavy (non-hydrogen) atoms. The third-order valence-electron chi connectivity index (χ3n) is 6.01. The zero-order valence-corrected chi connectivity index (χ0v) is 20.0. The van der Waals surface area contributed by atoms with Crippen LogP contribution in [-0.2, 0) is 9.59 Å². The number of aliphatic carboxylic acids is 1. The van der Waals surface area contributed by atoms with Crippen LogP contribution in [0.4, 0.5) is 5.69 Å². The van der Waals surface area contributed by atoms with E-state index in [1.54, 1.807) is 54.6 Å². The average molecular weight is 496 g/mol. The van der Waals surface area contributed by atoms with Crippen LogP contribution >= 0.6 is 0 Å². The molecule has 2 atom stereocenters. The molecule has 0 aliphatic carbocycles. The second-order valence-corrected chi connectivity index (χ2v) is 8.50. The summed E-state index contributed by atoms with van der Waals surface area (Å²) >= 11 is 0. The van der Waals surface area contributed by atoms with E-state index in [0.29, 0.717) is 22.1 Å². The highest BCUT2D eigenvalue weighted by atomic mass is 16.4. The molecule has 0 fully saturated rings. The maximum Gasteiger partial charge on any atom is 0.326 e. The van der Waals surface area contributed by atoms with Crippen molar-refractivity contribution in [1.29, 1.82) is 5.41 Å². The van der Waals surface area contributed by atoms with Crippen LogP contribution in [0.2, 0.25) is 1.41 Å². The fourth-order valence-corrected chi connectivity index (χ4v) is 4.03. The summed E-state index contributed by atoms with van der Waals surface area (Å²) in [6.45, 7) is 1.38. The highest BCUT2D eigenvalue weighted by molar-refractivity contribution is 6.07. The van der Waals surface area contributed by atoms with Gasteiger partial charge in [0.1, 0.15) is 17.9 Å². The van der Waals surface area contributed by atoms with Crippen molar-refractivity contribution >= 4 is 40.1 Å². The van der Waals surface area contributed by atoms with Gasteiger partial charge in [-0.25, -0.2) is 4.79 Å². The van der Waals surface area contributed by atoms with Crippen molar-refractivity contribution in [2.75, 3.05) is 4.90 Å². The maximum absolute atomic E-state index is 14.2. The van der Waals surface area contributed by atoms with Crippen LogP contribution in [0.25, 0.3) is 10.8 Å². The topological polar surface area (TPSA) is 137 Å². The first-order valence-corrected chi connectivity index (χ1v) is 11.6. The predicted molar refractivity (Wildman–Crippen MR) is 143 cm³/mol. The van der Waals surface area contributed by atoms with Gasteiger partial charge in [0.15, 0.2) is 1.41 Å². The summed E-state index contributed by atoms with van der Waals surface area (Å²) in [7, 11) is 0. The van der Waals surface area contributed by atoms with E-state index in [1.807, 2.05) is 24.3 Å². The van der Waals surface area contributed by atoms with Gasteiger partial charge in [-0.15, -0.1) is 0 Å². The predicted octanol–water partition coefficient (Wildman–Crippen LogP) is 4.10. The summed E-state index contributed by atoms with van der Waals surface area (Å²) < 4.78 is 8.76. The van der Waals surface area contributed by atoms with Gasteiger partial charge in [-0.05, 0) is 47.5 Å². The Morgan fingerprint density at radius 3 is 2.22 bits per heavy atom. The van der Waals surface area contributed by atoms with E-state index in [2.05, 4.69) is 0 Å². The van der Waals surface area contributed by atoms with Crippen molar-refractivity contribution in [2.45, 2.75) is 19.0 Å². The van der Waals surface area contributed by atoms with Crippen LogP contribution in [0, 0.1) is 5.41 Å². The third-order valence-corrected chi connectivity index (χ3v) is 6.01. The normalized spacial score (nSPS) is 12.7. The Bertz CT molecular complexity index is 1530. The lowest BCUT2D eigenvalue weighted by atomic mass is 10.0. The zero-order valence-electron chi connectivity index (χ0n) is 21.0. The minimum absolute atomic E-state index is 0.0602. The number of anilines is 1. The number of amidine groups is 1. The van der Waals surface area contributed by atoms with Gasteiger partial charge in [0.05, 0.1) is 0 Å². The zero-order chi connectivity index (χ0) is 27.4. The Labute approximate surface area is 215 Å². The molecule has 0 radical (unpaired) electrons. The van der Waals surface area contributed by atoms with Crippen LogP contribution in [0.1, 0.15) is 34.5 Å². The molecule has 0 saturated carbocycles. The largest absolute Gasteiger partial charge is 0.480 e. The molecule has 0 unspecified atom stereocenters. The van der Waals surface area contributed by atoms with Crippen molar-refractivity contribution in [3.8, 4) is 0 Å². The number of fused-ring (bicyclic) bond motifs is 1. The second kappa shape index (κ2) is 10.7. The molecule has 0 aliphatic rings. The van der Waals surface area contributed by atoms with E-state index in [1.165, 1.54) is 25.1 Å². The molecular formula is C29H26N4O4. The molecule has 0 heterocycles. The van der Waals surface area contributed by atoms with Gasteiger partial charge in [0.25, 0.3) is 11.8 Å². The van der Waals surface area contributed by atoms with E-state index >= 15 is 0 Å². The molecule has 0 bridgehead atoms. The number of rotatable bonds is 8. The number of hydrogen-bond acceptors (Lipinski definition) is 4. The molecule has 186 valence electrons. The first-order chi connectivity index (χ1) is 18.2. The van der Waals surface area contributed by atoms with Gasteiger partial charge in [-0.1, -0.05) is 72.8 Å². The Morgan fingerprint density at radius 2 is 1.54 bits per heavy atom. The van der Waals surface area contributed by atoms with E-state index < -0.39 is 29.9 Å². The number of nitrogen functional groups attached to an aromatic ring is 1. The molecule has 4 aromatic carbocycles. The first-order valence-electron chi connectivity index (χ1n) is 12.0. The van der Waals surface area contributed by atoms with Crippen molar-refractivity contribution < 1.29 is 20.9 Å². The van der Waals surface area contributed by atoms with Crippen molar-refractivity contribution in [3.05, 3.63) is 114 Å². The number of hydrogen-bond donors (Lipinski definition) is 4. The molecule has 8 heteroatoms. The SMILES string of the molecule is [2H]N(C(=O)c1cccc(C(=N)N)c1)[C@@H](C(=O)N(c1ccc2ccccc2c1)[C@@H](C)C(=O)O)c1ccccc1. The Balaban J connectivity index is 1.82. The van der Waals surface area contributed by atoms with Gasteiger partial charge >= 0.3 is 5.97 Å². The number of carbonyl (C=O) groups is 3. The van der Waals surface area contributed by atoms with Crippen LogP contribution in [0.3, 0.4) is 0 Å². The number of carboxylic acid groups (broad SMARTS) is 1. The molecule has 8 nitrogen and oxygen atoms in total. The van der Waals surface area contributed by atoms with Crippen molar-refractivity contribution in [2.24, 2.45) is 5.73 Å². The van der Waals surface area contributed by atoms with E-state index in [4.69, 9.17) is 12.6 Å². The number of carboxylic acids is 1. The second-order valence-electron chi connectivity index (χ2n) is 8.50. The van der Waals surface area contributed by atoms with Crippen molar-refractivity contribution in [3.63, 3.8) is 0 Å². The van der Waals surface area contributed by atoms with Gasteiger partial charge < -0.3 is 16.2 Å². The van der Waals surface area contributed by atoms with Crippen LogP contribution in [0.5, 0.6) is 0 Å². The number of benzene rings is 4. The molecule has 0 spiro atoms. The van der Waals surface area contributed by atoms with E-state index in [9.17, 15) is 19.5 Å². The molecule has 5 N–H and O–H groups in total. The number of nitrogens with two attached hydrogens (primary N) is 1. The summed E-state index contributed by atoms with van der Waals surface area (Å²) in [5, 5.41) is 19.8. The van der Waals surface area contributed by atoms with Gasteiger partial charge in [-0.3, -0.25) is 19.9 Å². The number of amides is 2. The van der Waals surface area contributed by atoms with Crippen molar-refractivity contribution in [1.82, 2.24) is 5.31 Å². The van der Waals surface area contributed by atoms with Crippen LogP contribution < -0.4 is 15.9 Å². The smallest absolute Gasteiger partial charge is 0.326 e. The molecular weight excluding hydrogens is 468 g/mol. The fraction of sp³-hybridized carbons (Fsp3) is 0.103. The highest BCUT2D eigenvalue weighted by Crippen LogP contribution is 2.28. The van der Waals surface area contributed by atoms with Crippen LogP contribution in [0.15, 0.2) is 97.1 Å². The van der Waals surface area contributed by atoms with E-state index in [0.717, 1.165) is 15.7 Å². The molecule has 4 rings (SSSR count). The summed E-state index contributed by atoms with van der Waals surface area (Å²) in [4.78, 5) is 40.8. The molecule has 0 aromatic heterocycles. The number of carbonyl (C=O) groups excluding carboxylic acids is 2. The summed E-state index contributed by atoms with van der Waals surface area (Å²) in [5.74, 6) is -3.05. The summed E-state index contributed by atoms with van der Waals surface area (Å²) in [6, 6.07) is 24.1. The standard InChI is InChI=1S/C29H26N4O4/c1-18(29(36)37)33(24-15-14-19-8-5-6-11-21(19)17-24)28(35)25(20-9-3-2-4-10-20)32-27(34)23-13-7-12-22(16-23)26(30)31/h2-18,25H,1H3,(H3,30,31)(H,32,34)(H,36,37)/t18-,25+/m0/s1/i/hD. The lowest BCUT2D eigenvalue weighted by Crippen LogP contribution is -2.49. The molecule has 4 aromatic rings. The number of nitrogens with one attached hydrogen (secondary N) is 2. The first kappa shape index (κ1) is 23.7. The van der Waals surface area contributed by atoms with Gasteiger partial charge in [0.2, 0.25) is 0 Å². The van der Waals surface area contributed by atoms with E-state index in [-0.39, 0.29) is 11.4 Å². The Hall–Kier alpha value is -4.98. The van der Waals surface area contributed by atoms with Gasteiger partial charge in [0, 0.05) is 16.8 Å². The molecule has 0 saturated heterocycles. The lowest BCUT2D eigenvalue weighted by molar-refractivity contribution is -0.139. The minimum atomic E-state index is -1.46. The monoisotopic (exact) mass is 495 g/mol. The Kier molecular flexibility index (Phi) is 6.89. The Morgan fingerprint density at radius 1 is 0.892 bits per heavy atom. The van der Waals surface area contributed by atoms with Gasteiger partial charge in [-0.2, -0.15) is 0 Å². The number of nitrogens with zero attached hydrogens (tertiary/aromatic N) is 1. The summed E-state index contributed by atoms with van der Waals surface area (Å²) in [6.07, 6.45) is 0. The minimum Gasteiger partial charge on any atom is -0.480 e. The summed E-state index contributed by atoms with van der Waals surface area (Å²) in [5.41, 5.74) is 6.58. The fourth-order valence-electron chi connectivity index (χ4n) is 4.03. The maximum atomic E-state index is 14.2. The lowest BCUT2D eigenvalue weighted by Gasteiger charge is -2.31. The third kappa shape index (κ3) is 5.48. The quantitative estimate of drug-likeness (QED) is 0.215. The molecule has 0 aliphatic heterocycles. The average Bonchev–Trinajstić information content (AvgIpc) is 2.93. The highest BCUT2D eigenvalue weighted by Gasteiger charge is 2.34. The molecule has 2 amide bonds.